The lowest BCUT2D eigenvalue weighted by Crippen LogP contribution is -2.22. The van der Waals surface area contributed by atoms with E-state index < -0.39 is 18.2 Å². The Hall–Kier alpha value is -1.59. The minimum Gasteiger partial charge on any atom is -0.497 e. The molecule has 0 fully saturated rings. The summed E-state index contributed by atoms with van der Waals surface area (Å²) in [6.45, 7) is 1.74. The van der Waals surface area contributed by atoms with Gasteiger partial charge in [-0.2, -0.15) is 0 Å². The number of carbonyl (C=O) groups excluding carboxylic acids is 1. The molecular weight excluding hydrogens is 248 g/mol. The molecule has 0 aliphatic rings. The number of benzene rings is 1. The maximum absolute atomic E-state index is 11.6. The summed E-state index contributed by atoms with van der Waals surface area (Å²) in [6.07, 6.45) is -0.640. The van der Waals surface area contributed by atoms with Crippen molar-refractivity contribution in [3.63, 3.8) is 0 Å². The highest BCUT2D eigenvalue weighted by atomic mass is 16.5. The Morgan fingerprint density at radius 1 is 1.26 bits per heavy atom. The minimum absolute atomic E-state index is 0.217. The predicted molar refractivity (Wildman–Crippen MR) is 70.2 cm³/mol. The molecule has 0 saturated heterocycles. The van der Waals surface area contributed by atoms with Crippen LogP contribution in [0.15, 0.2) is 24.3 Å². The maximum Gasteiger partial charge on any atom is 0.338 e. The summed E-state index contributed by atoms with van der Waals surface area (Å²) >= 11 is 0. The van der Waals surface area contributed by atoms with Gasteiger partial charge in [-0.1, -0.05) is 0 Å². The normalized spacial score (nSPS) is 13.7. The molecule has 19 heavy (non-hydrogen) atoms. The average molecular weight is 268 g/mol. The fraction of sp³-hybridized carbons (Fsp3) is 0.500. The van der Waals surface area contributed by atoms with E-state index in [0.29, 0.717) is 24.2 Å². The maximum atomic E-state index is 11.6. The minimum atomic E-state index is -0.778. The van der Waals surface area contributed by atoms with Gasteiger partial charge in [0.25, 0.3) is 0 Å². The first-order valence-corrected chi connectivity index (χ1v) is 6.22. The van der Waals surface area contributed by atoms with Gasteiger partial charge in [0.15, 0.2) is 0 Å². The summed E-state index contributed by atoms with van der Waals surface area (Å²) in [7, 11) is 1.56. The third kappa shape index (κ3) is 5.28. The molecule has 0 amide bonds. The molecule has 0 heterocycles. The molecule has 0 aliphatic carbocycles. The van der Waals surface area contributed by atoms with Gasteiger partial charge in [0, 0.05) is 0 Å². The summed E-state index contributed by atoms with van der Waals surface area (Å²) in [5.74, 6) is 0.269. The second-order valence-electron chi connectivity index (χ2n) is 4.31. The molecule has 0 radical (unpaired) electrons. The number of hydrogen-bond donors (Lipinski definition) is 2. The van der Waals surface area contributed by atoms with Gasteiger partial charge in [-0.05, 0) is 44.0 Å². The Morgan fingerprint density at radius 3 is 2.42 bits per heavy atom. The summed E-state index contributed by atoms with van der Waals surface area (Å²) < 4.78 is 10.1. The quantitative estimate of drug-likeness (QED) is 0.577. The number of rotatable bonds is 7. The zero-order chi connectivity index (χ0) is 14.3. The molecule has 0 spiro atoms. The third-order valence-electron chi connectivity index (χ3n) is 2.76. The number of ether oxygens (including phenoxy) is 2. The molecule has 0 saturated carbocycles. The SMILES string of the molecule is COc1ccc(C(=O)OCCC[C@@H](O)[C@@H](C)O)cc1. The second-order valence-corrected chi connectivity index (χ2v) is 4.31. The van der Waals surface area contributed by atoms with Crippen molar-refractivity contribution in [2.75, 3.05) is 13.7 Å². The lowest BCUT2D eigenvalue weighted by Gasteiger charge is -2.13. The van der Waals surface area contributed by atoms with Crippen molar-refractivity contribution in [1.29, 1.82) is 0 Å². The van der Waals surface area contributed by atoms with Gasteiger partial charge < -0.3 is 19.7 Å². The monoisotopic (exact) mass is 268 g/mol. The molecule has 0 aromatic heterocycles. The first-order chi connectivity index (χ1) is 9.04. The van der Waals surface area contributed by atoms with E-state index in [0.717, 1.165) is 0 Å². The molecule has 5 heteroatoms. The van der Waals surface area contributed by atoms with Gasteiger partial charge in [0.1, 0.15) is 5.75 Å². The molecule has 2 N–H and O–H groups in total. The smallest absolute Gasteiger partial charge is 0.338 e. The van der Waals surface area contributed by atoms with Crippen LogP contribution in [0.3, 0.4) is 0 Å². The number of aliphatic hydroxyl groups is 2. The van der Waals surface area contributed by atoms with Gasteiger partial charge in [0.05, 0.1) is 31.5 Å². The van der Waals surface area contributed by atoms with Gasteiger partial charge in [-0.25, -0.2) is 4.79 Å². The fourth-order valence-electron chi connectivity index (χ4n) is 1.51. The van der Waals surface area contributed by atoms with Crippen molar-refractivity contribution in [3.8, 4) is 5.75 Å². The lowest BCUT2D eigenvalue weighted by atomic mass is 10.1. The first-order valence-electron chi connectivity index (χ1n) is 6.22. The van der Waals surface area contributed by atoms with E-state index in [9.17, 15) is 9.90 Å². The summed E-state index contributed by atoms with van der Waals surface area (Å²) in [6, 6.07) is 6.64. The Kier molecular flexibility index (Phi) is 6.32. The zero-order valence-corrected chi connectivity index (χ0v) is 11.2. The molecule has 0 bridgehead atoms. The van der Waals surface area contributed by atoms with Crippen molar-refractivity contribution in [3.05, 3.63) is 29.8 Å². The summed E-state index contributed by atoms with van der Waals surface area (Å²) in [5, 5.41) is 18.4. The second kappa shape index (κ2) is 7.76. The van der Waals surface area contributed by atoms with Gasteiger partial charge in [0.2, 0.25) is 0 Å². The highest BCUT2D eigenvalue weighted by molar-refractivity contribution is 5.89. The summed E-state index contributed by atoms with van der Waals surface area (Å²) in [4.78, 5) is 11.6. The number of carbonyl (C=O) groups is 1. The van der Waals surface area contributed by atoms with Gasteiger partial charge >= 0.3 is 5.97 Å². The van der Waals surface area contributed by atoms with E-state index in [1.54, 1.807) is 31.4 Å². The predicted octanol–water partition coefficient (Wildman–Crippen LogP) is 1.37. The van der Waals surface area contributed by atoms with Gasteiger partial charge in [-0.3, -0.25) is 0 Å². The highest BCUT2D eigenvalue weighted by Gasteiger charge is 2.11. The molecule has 2 atom stereocenters. The number of esters is 1. The van der Waals surface area contributed by atoms with Crippen LogP contribution in [0.2, 0.25) is 0 Å². The lowest BCUT2D eigenvalue weighted by molar-refractivity contribution is 0.0182. The van der Waals surface area contributed by atoms with Crippen molar-refractivity contribution in [2.24, 2.45) is 0 Å². The molecular formula is C14H20O5. The number of hydrogen-bond acceptors (Lipinski definition) is 5. The van der Waals surface area contributed by atoms with Crippen LogP contribution in [-0.4, -0.2) is 42.1 Å². The van der Waals surface area contributed by atoms with Crippen LogP contribution >= 0.6 is 0 Å². The first kappa shape index (κ1) is 15.5. The van der Waals surface area contributed by atoms with Crippen LogP contribution in [0, 0.1) is 0 Å². The van der Waals surface area contributed by atoms with E-state index >= 15 is 0 Å². The van der Waals surface area contributed by atoms with Crippen molar-refractivity contribution in [2.45, 2.75) is 32.0 Å². The van der Waals surface area contributed by atoms with Crippen LogP contribution in [0.25, 0.3) is 0 Å². The van der Waals surface area contributed by atoms with Crippen LogP contribution in [0.1, 0.15) is 30.1 Å². The van der Waals surface area contributed by atoms with Crippen LogP contribution in [-0.2, 0) is 4.74 Å². The van der Waals surface area contributed by atoms with E-state index in [2.05, 4.69) is 0 Å². The number of aliphatic hydroxyl groups excluding tert-OH is 2. The molecule has 106 valence electrons. The fourth-order valence-corrected chi connectivity index (χ4v) is 1.51. The molecule has 1 aromatic rings. The van der Waals surface area contributed by atoms with Crippen molar-refractivity contribution < 1.29 is 24.5 Å². The van der Waals surface area contributed by atoms with E-state index in [-0.39, 0.29) is 6.61 Å². The highest BCUT2D eigenvalue weighted by Crippen LogP contribution is 2.12. The molecule has 1 aromatic carbocycles. The Balaban J connectivity index is 2.31. The molecule has 0 unspecified atom stereocenters. The van der Waals surface area contributed by atoms with E-state index in [4.69, 9.17) is 14.6 Å². The Labute approximate surface area is 112 Å². The molecule has 5 nitrogen and oxygen atoms in total. The van der Waals surface area contributed by atoms with E-state index in [1.807, 2.05) is 0 Å². The third-order valence-corrected chi connectivity index (χ3v) is 2.76. The Bertz CT molecular complexity index is 385. The Morgan fingerprint density at radius 2 is 1.89 bits per heavy atom. The molecule has 0 aliphatic heterocycles. The largest absolute Gasteiger partial charge is 0.497 e. The topological polar surface area (TPSA) is 76.0 Å². The standard InChI is InChI=1S/C14H20O5/c1-10(15)13(16)4-3-9-19-14(17)11-5-7-12(18-2)8-6-11/h5-8,10,13,15-16H,3-4,9H2,1-2H3/t10-,13-/m1/s1. The van der Waals surface area contributed by atoms with Crippen molar-refractivity contribution in [1.82, 2.24) is 0 Å². The van der Waals surface area contributed by atoms with E-state index in [1.165, 1.54) is 6.92 Å². The average Bonchev–Trinajstić information content (AvgIpc) is 2.43. The number of methoxy groups -OCH3 is 1. The van der Waals surface area contributed by atoms with Crippen molar-refractivity contribution >= 4 is 5.97 Å². The molecule has 1 rings (SSSR count). The zero-order valence-electron chi connectivity index (χ0n) is 11.2. The van der Waals surface area contributed by atoms with Gasteiger partial charge in [-0.15, -0.1) is 0 Å². The van der Waals surface area contributed by atoms with Crippen LogP contribution in [0.4, 0.5) is 0 Å². The van der Waals surface area contributed by atoms with Crippen LogP contribution in [0.5, 0.6) is 5.75 Å². The summed E-state index contributed by atoms with van der Waals surface area (Å²) in [5.41, 5.74) is 0.455. The van der Waals surface area contributed by atoms with Crippen LogP contribution < -0.4 is 4.74 Å².